The van der Waals surface area contributed by atoms with E-state index in [2.05, 4.69) is 82.1 Å². The number of terminal acetylenes is 5. The lowest BCUT2D eigenvalue weighted by atomic mass is 9.97. The topological polar surface area (TPSA) is 409 Å². The highest BCUT2D eigenvalue weighted by atomic mass is 127. The molecule has 0 unspecified atom stereocenters. The summed E-state index contributed by atoms with van der Waals surface area (Å²) in [6.45, 7) is 7.65. The third-order valence-electron chi connectivity index (χ3n) is 22.7. The fourth-order valence-corrected chi connectivity index (χ4v) is 17.5. The molecular formula is C104H74ClFIN21O7. The van der Waals surface area contributed by atoms with E-state index in [0.29, 0.717) is 95.4 Å². The van der Waals surface area contributed by atoms with Crippen molar-refractivity contribution in [2.45, 2.75) is 58.4 Å². The van der Waals surface area contributed by atoms with Gasteiger partial charge in [0.1, 0.15) is 37.5 Å². The number of amides is 5. The number of hydrogen-bond acceptors (Lipinski definition) is 17. The summed E-state index contributed by atoms with van der Waals surface area (Å²) in [5.41, 5.74) is 49.5. The smallest absolute Gasteiger partial charge is 0.278 e. The molecule has 5 amide bonds. The van der Waals surface area contributed by atoms with Crippen molar-refractivity contribution in [3.63, 3.8) is 0 Å². The number of hydrogen-bond donors (Lipinski definition) is 5. The van der Waals surface area contributed by atoms with Gasteiger partial charge in [-0.15, -0.1) is 32.1 Å². The Morgan fingerprint density at radius 3 is 1.06 bits per heavy atom. The number of nitro benzene ring substituents is 1. The zero-order valence-corrected chi connectivity index (χ0v) is 75.0. The summed E-state index contributed by atoms with van der Waals surface area (Å²) in [7, 11) is 0. The summed E-state index contributed by atoms with van der Waals surface area (Å²) in [6, 6.07) is 64.5. The second-order valence-electron chi connectivity index (χ2n) is 30.9. The number of halogens is 3. The number of para-hydroxylation sites is 1. The summed E-state index contributed by atoms with van der Waals surface area (Å²) in [5, 5.41) is 12.1. The van der Waals surface area contributed by atoms with Crippen molar-refractivity contribution in [2.24, 2.45) is 53.6 Å². The van der Waals surface area contributed by atoms with Crippen molar-refractivity contribution in [3.8, 4) is 90.2 Å². The average Bonchev–Trinajstić information content (AvgIpc) is 1.61. The molecule has 5 aromatic heterocycles. The van der Waals surface area contributed by atoms with Crippen LogP contribution in [0.5, 0.6) is 0 Å². The number of aromatic nitrogens is 10. The Bertz CT molecular complexity index is 7470. The minimum absolute atomic E-state index is 0.0712. The standard InChI is InChI=1S/C21H15ClN4O.C21H15FN4O.C21H15IN4O.C21H16N4O.C20H13N5O3/c3*1-3-13-8-9-17-15(10-13)18(14-6-4-5-7-16(14)22)25-12(2)20-19(21(23)27)24-11-26(17)20;1-3-14-9-10-17-16(11-14)18(15-7-5-4-6-8-15)24-13(2)20-19(21(22)26)23-12-25(17)20;1-2-12-7-8-15-14(9-12)18(13-5-3-4-6-16(13)25(27)28)22-10-17-19(20(21)26)23-11-24(15)17/h3*1,4-12H,2H3,(H2,23,27);1,4-13H,2H3,(H2,22,26);1,3-9,11H,10H2,(H2,21,26)/t3*12-;13-;/m1111./s1. The number of carbonyl (C=O) groups is 5. The maximum absolute atomic E-state index is 14.6. The number of primary amides is 5. The van der Waals surface area contributed by atoms with E-state index in [1.165, 1.54) is 24.8 Å². The van der Waals surface area contributed by atoms with Gasteiger partial charge in [0.15, 0.2) is 28.5 Å². The zero-order chi connectivity index (χ0) is 95.5. The average molecular weight is 1910 g/mol. The van der Waals surface area contributed by atoms with Crippen LogP contribution in [0.3, 0.4) is 0 Å². The van der Waals surface area contributed by atoms with Crippen LogP contribution in [0.25, 0.3) is 28.4 Å². The van der Waals surface area contributed by atoms with Gasteiger partial charge in [0.25, 0.3) is 35.2 Å². The number of benzene rings is 10. The van der Waals surface area contributed by atoms with Gasteiger partial charge >= 0.3 is 0 Å². The Hall–Kier alpha value is -17.9. The third-order valence-corrected chi connectivity index (χ3v) is 24.0. The molecular weight excluding hydrogens is 1840 g/mol. The van der Waals surface area contributed by atoms with Gasteiger partial charge in [0.2, 0.25) is 0 Å². The lowest BCUT2D eigenvalue weighted by Gasteiger charge is -2.13. The van der Waals surface area contributed by atoms with E-state index in [4.69, 9.17) is 92.4 Å². The van der Waals surface area contributed by atoms with Crippen molar-refractivity contribution in [1.82, 2.24) is 47.8 Å². The highest BCUT2D eigenvalue weighted by Gasteiger charge is 2.36. The highest BCUT2D eigenvalue weighted by Crippen LogP contribution is 2.41. The third kappa shape index (κ3) is 17.4. The van der Waals surface area contributed by atoms with E-state index in [1.807, 2.05) is 181 Å². The normalized spacial score (nSPS) is 14.5. The van der Waals surface area contributed by atoms with Crippen LogP contribution in [0.15, 0.2) is 275 Å². The predicted octanol–water partition coefficient (Wildman–Crippen LogP) is 15.1. The Morgan fingerprint density at radius 1 is 0.378 bits per heavy atom. The van der Waals surface area contributed by atoms with Crippen LogP contribution in [0.1, 0.15) is 216 Å². The molecule has 0 spiro atoms. The fraction of sp³-hybridized carbons (Fsp3) is 0.0865. The van der Waals surface area contributed by atoms with E-state index >= 15 is 0 Å². The molecule has 0 saturated carbocycles. The maximum atomic E-state index is 14.6. The molecule has 10 aromatic carbocycles. The second kappa shape index (κ2) is 38.0. The van der Waals surface area contributed by atoms with Gasteiger partial charge in [-0.3, -0.25) is 81.9 Å². The van der Waals surface area contributed by atoms with Gasteiger partial charge < -0.3 is 28.7 Å². The molecule has 658 valence electrons. The molecule has 0 bridgehead atoms. The van der Waals surface area contributed by atoms with Crippen LogP contribution >= 0.6 is 34.2 Å². The van der Waals surface area contributed by atoms with E-state index in [0.717, 1.165) is 82.1 Å². The van der Waals surface area contributed by atoms with Crippen LogP contribution in [-0.4, -0.2) is 111 Å². The first-order valence-corrected chi connectivity index (χ1v) is 42.9. The minimum Gasteiger partial charge on any atom is -0.364 e. The van der Waals surface area contributed by atoms with Gasteiger partial charge in [-0.05, 0) is 172 Å². The number of rotatable bonds is 11. The Kier molecular flexibility index (Phi) is 25.5. The van der Waals surface area contributed by atoms with Crippen LogP contribution in [0, 0.1) is 81.2 Å². The number of aliphatic imine (C=N–C) groups is 5. The number of nitro groups is 1. The molecule has 4 atom stereocenters. The Morgan fingerprint density at radius 2 is 0.681 bits per heavy atom. The molecule has 15 aromatic rings. The summed E-state index contributed by atoms with van der Waals surface area (Å²) < 4.78 is 24.7. The quantitative estimate of drug-likeness (QED) is 0.0349. The molecule has 20 rings (SSSR count). The van der Waals surface area contributed by atoms with Crippen LogP contribution in [-0.2, 0) is 6.54 Å². The molecule has 5 aliphatic heterocycles. The van der Waals surface area contributed by atoms with E-state index in [1.54, 1.807) is 94.8 Å². The van der Waals surface area contributed by atoms with Crippen molar-refractivity contribution < 1.29 is 33.3 Å². The van der Waals surface area contributed by atoms with Gasteiger partial charge in [-0.25, -0.2) is 29.3 Å². The van der Waals surface area contributed by atoms with E-state index in [9.17, 15) is 38.5 Å². The summed E-state index contributed by atoms with van der Waals surface area (Å²) >= 11 is 8.75. The van der Waals surface area contributed by atoms with Crippen LogP contribution in [0.2, 0.25) is 5.02 Å². The lowest BCUT2D eigenvalue weighted by molar-refractivity contribution is -0.385. The first kappa shape index (κ1) is 90.5. The van der Waals surface area contributed by atoms with Crippen LogP contribution < -0.4 is 28.7 Å². The SMILES string of the molecule is C#Cc1ccc2c(c1)C(c1ccccc1)=N[C@H](C)c1c(C(N)=O)ncn1-2.C#Cc1ccc2c(c1)C(c1ccccc1Cl)=N[C@H](C)c1c(C(N)=O)ncn1-2.C#Cc1ccc2c(c1)C(c1ccccc1F)=N[C@H](C)c1c(C(N)=O)ncn1-2.C#Cc1ccc2c(c1)C(c1ccccc1I)=N[C@H](C)c1c(C(N)=O)ncn1-2.C#Cc1ccc2c(c1)C(c1ccccc1[N+](=O)[O-])=NCc1c(C(N)=O)ncn1-2. The highest BCUT2D eigenvalue weighted by molar-refractivity contribution is 14.1. The molecule has 10 N–H and O–H groups in total. The molecule has 135 heavy (non-hydrogen) atoms. The minimum atomic E-state index is -0.667. The molecule has 10 heterocycles. The summed E-state index contributed by atoms with van der Waals surface area (Å²) in [6.07, 6.45) is 35.8. The van der Waals surface area contributed by atoms with Gasteiger partial charge in [0, 0.05) is 92.5 Å². The number of imidazole rings is 5. The molecule has 0 fully saturated rings. The van der Waals surface area contributed by atoms with E-state index in [-0.39, 0.29) is 64.6 Å². The van der Waals surface area contributed by atoms with Crippen LogP contribution in [0.4, 0.5) is 10.1 Å². The van der Waals surface area contributed by atoms with Gasteiger partial charge in [-0.1, -0.05) is 132 Å². The molecule has 28 nitrogen and oxygen atoms in total. The van der Waals surface area contributed by atoms with Gasteiger partial charge in [0.05, 0.1) is 127 Å². The zero-order valence-electron chi connectivity index (χ0n) is 72.1. The number of nitrogens with two attached hydrogens (primary N) is 5. The van der Waals surface area contributed by atoms with Crippen molar-refractivity contribution in [3.05, 3.63) is 415 Å². The maximum Gasteiger partial charge on any atom is 0.278 e. The predicted molar refractivity (Wildman–Crippen MR) is 522 cm³/mol. The molecule has 0 aliphatic carbocycles. The van der Waals surface area contributed by atoms with Crippen molar-refractivity contribution in [2.75, 3.05) is 0 Å². The summed E-state index contributed by atoms with van der Waals surface area (Å²) in [4.78, 5) is 115. The first-order valence-electron chi connectivity index (χ1n) is 41.4. The summed E-state index contributed by atoms with van der Waals surface area (Å²) in [5.74, 6) is 9.77. The second-order valence-corrected chi connectivity index (χ2v) is 32.4. The Balaban J connectivity index is 0.000000123. The van der Waals surface area contributed by atoms with Crippen molar-refractivity contribution in [1.29, 1.82) is 0 Å². The van der Waals surface area contributed by atoms with Gasteiger partial charge in [-0.2, -0.15) is 0 Å². The molecule has 5 aliphatic rings. The van der Waals surface area contributed by atoms with E-state index < -0.39 is 40.5 Å². The van der Waals surface area contributed by atoms with Crippen molar-refractivity contribution >= 4 is 98.0 Å². The number of fused-ring (bicyclic) bond motifs is 15. The largest absolute Gasteiger partial charge is 0.364 e. The molecule has 31 heteroatoms. The molecule has 0 radical (unpaired) electrons. The fourth-order valence-electron chi connectivity index (χ4n) is 16.7. The molecule has 0 saturated heterocycles. The lowest BCUT2D eigenvalue weighted by Crippen LogP contribution is -2.15. The monoisotopic (exact) mass is 1910 g/mol. The number of carbonyl (C=O) groups excluding carboxylic acids is 5. The number of nitrogens with zero attached hydrogens (tertiary/aromatic N) is 16. The first-order chi connectivity index (χ1) is 65.1. The Labute approximate surface area is 790 Å².